The Kier molecular flexibility index (Phi) is 3.08. The zero-order chi connectivity index (χ0) is 14.2. The fourth-order valence-corrected chi connectivity index (χ4v) is 3.21. The van der Waals surface area contributed by atoms with E-state index in [9.17, 15) is 0 Å². The van der Waals surface area contributed by atoms with Crippen LogP contribution in [0.2, 0.25) is 5.02 Å². The van der Waals surface area contributed by atoms with Gasteiger partial charge in [-0.2, -0.15) is 0 Å². The molecule has 0 atom stereocenters. The average molecular weight is 298 g/mol. The predicted molar refractivity (Wildman–Crippen MR) is 88.0 cm³/mol. The van der Waals surface area contributed by atoms with E-state index in [1.165, 1.54) is 18.5 Å². The maximum Gasteiger partial charge on any atom is 0.139 e. The molecule has 2 heterocycles. The quantitative estimate of drug-likeness (QED) is 0.756. The Bertz CT molecular complexity index is 755. The van der Waals surface area contributed by atoms with Crippen molar-refractivity contribution < 1.29 is 0 Å². The van der Waals surface area contributed by atoms with Crippen LogP contribution in [0.5, 0.6) is 0 Å². The second-order valence-corrected chi connectivity index (χ2v) is 5.87. The van der Waals surface area contributed by atoms with Crippen molar-refractivity contribution >= 4 is 28.3 Å². The zero-order valence-electron chi connectivity index (χ0n) is 11.6. The van der Waals surface area contributed by atoms with Gasteiger partial charge in [0.05, 0.1) is 16.1 Å². The minimum absolute atomic E-state index is 0.749. The lowest BCUT2D eigenvalue weighted by molar-refractivity contribution is 0.949. The van der Waals surface area contributed by atoms with Gasteiger partial charge in [-0.15, -0.1) is 0 Å². The summed E-state index contributed by atoms with van der Waals surface area (Å²) in [5.41, 5.74) is 4.16. The number of imidazole rings is 1. The number of nitrogens with one attached hydrogen (secondary N) is 1. The van der Waals surface area contributed by atoms with Crippen LogP contribution in [0.3, 0.4) is 0 Å². The third kappa shape index (κ3) is 2.28. The maximum absolute atomic E-state index is 6.48. The van der Waals surface area contributed by atoms with Gasteiger partial charge in [0.1, 0.15) is 5.82 Å². The predicted octanol–water partition coefficient (Wildman–Crippen LogP) is 4.48. The van der Waals surface area contributed by atoms with Gasteiger partial charge in [-0.05, 0) is 43.2 Å². The monoisotopic (exact) mass is 297 g/mol. The summed E-state index contributed by atoms with van der Waals surface area (Å²) in [5.74, 6) is 0.828. The van der Waals surface area contributed by atoms with Crippen LogP contribution in [-0.2, 0) is 0 Å². The maximum atomic E-state index is 6.48. The number of aromatic amines is 1. The fraction of sp³-hybridized carbons (Fsp3) is 0.235. The van der Waals surface area contributed by atoms with Gasteiger partial charge >= 0.3 is 0 Å². The normalized spacial score (nSPS) is 15.0. The molecule has 4 rings (SSSR count). The third-order valence-electron chi connectivity index (χ3n) is 4.07. The van der Waals surface area contributed by atoms with Crippen LogP contribution in [-0.4, -0.2) is 23.1 Å². The van der Waals surface area contributed by atoms with E-state index in [1.807, 2.05) is 24.3 Å². The van der Waals surface area contributed by atoms with Gasteiger partial charge in [0.2, 0.25) is 0 Å². The third-order valence-corrected chi connectivity index (χ3v) is 4.38. The van der Waals surface area contributed by atoms with Crippen molar-refractivity contribution in [2.45, 2.75) is 12.8 Å². The van der Waals surface area contributed by atoms with Crippen molar-refractivity contribution in [1.82, 2.24) is 9.97 Å². The molecule has 21 heavy (non-hydrogen) atoms. The number of fused-ring (bicyclic) bond motifs is 1. The zero-order valence-corrected chi connectivity index (χ0v) is 12.4. The molecule has 0 aliphatic carbocycles. The summed E-state index contributed by atoms with van der Waals surface area (Å²) >= 11 is 6.48. The summed E-state index contributed by atoms with van der Waals surface area (Å²) in [6.45, 7) is 2.25. The lowest BCUT2D eigenvalue weighted by Crippen LogP contribution is -2.17. The van der Waals surface area contributed by atoms with Crippen LogP contribution < -0.4 is 4.90 Å². The lowest BCUT2D eigenvalue weighted by Gasteiger charge is -2.18. The molecule has 2 aromatic carbocycles. The number of aromatic nitrogens is 2. The number of hydrogen-bond donors (Lipinski definition) is 1. The first-order valence-corrected chi connectivity index (χ1v) is 7.69. The van der Waals surface area contributed by atoms with Crippen molar-refractivity contribution in [3.05, 3.63) is 47.5 Å². The lowest BCUT2D eigenvalue weighted by atomic mass is 10.2. The Balaban J connectivity index is 1.74. The second-order valence-electron chi connectivity index (χ2n) is 5.46. The number of halogens is 1. The molecule has 1 aromatic heterocycles. The number of benzene rings is 2. The standard InChI is InChI=1S/C17H16ClN3/c18-14-11-12(21-9-3-4-10-21)7-8-13(14)17-19-15-5-1-2-6-16(15)20-17/h1-2,5-8,11H,3-4,9-10H2,(H,19,20). The average Bonchev–Trinajstić information content (AvgIpc) is 3.16. The number of H-pyrrole nitrogens is 1. The van der Waals surface area contributed by atoms with Gasteiger partial charge in [-0.1, -0.05) is 23.7 Å². The molecular formula is C17H16ClN3. The molecule has 3 nitrogen and oxygen atoms in total. The minimum atomic E-state index is 0.749. The van der Waals surface area contributed by atoms with Crippen LogP contribution in [0, 0.1) is 0 Å². The van der Waals surface area contributed by atoms with E-state index in [2.05, 4.69) is 33.1 Å². The smallest absolute Gasteiger partial charge is 0.139 e. The van der Waals surface area contributed by atoms with E-state index < -0.39 is 0 Å². The summed E-state index contributed by atoms with van der Waals surface area (Å²) in [6.07, 6.45) is 2.53. The van der Waals surface area contributed by atoms with E-state index in [1.54, 1.807) is 0 Å². The Morgan fingerprint density at radius 3 is 2.62 bits per heavy atom. The van der Waals surface area contributed by atoms with Gasteiger partial charge in [0.15, 0.2) is 0 Å². The van der Waals surface area contributed by atoms with Crippen molar-refractivity contribution in [3.8, 4) is 11.4 Å². The summed E-state index contributed by atoms with van der Waals surface area (Å²) in [5, 5.41) is 0.749. The molecule has 0 unspecified atom stereocenters. The summed E-state index contributed by atoms with van der Waals surface area (Å²) in [7, 11) is 0. The number of para-hydroxylation sites is 2. The fourth-order valence-electron chi connectivity index (χ4n) is 2.95. The Morgan fingerprint density at radius 2 is 1.86 bits per heavy atom. The van der Waals surface area contributed by atoms with Gasteiger partial charge in [0.25, 0.3) is 0 Å². The van der Waals surface area contributed by atoms with Gasteiger partial charge in [-0.25, -0.2) is 4.98 Å². The molecule has 0 amide bonds. The molecule has 1 saturated heterocycles. The number of anilines is 1. The Hall–Kier alpha value is -2.00. The first-order valence-electron chi connectivity index (χ1n) is 7.31. The topological polar surface area (TPSA) is 31.9 Å². The molecule has 0 radical (unpaired) electrons. The Morgan fingerprint density at radius 1 is 1.05 bits per heavy atom. The van der Waals surface area contributed by atoms with Crippen LogP contribution >= 0.6 is 11.6 Å². The van der Waals surface area contributed by atoms with Gasteiger partial charge in [0, 0.05) is 24.3 Å². The molecule has 1 N–H and O–H groups in total. The van der Waals surface area contributed by atoms with Gasteiger partial charge < -0.3 is 9.88 Å². The summed E-state index contributed by atoms with van der Waals surface area (Å²) < 4.78 is 0. The highest BCUT2D eigenvalue weighted by Gasteiger charge is 2.15. The van der Waals surface area contributed by atoms with Crippen molar-refractivity contribution in [3.63, 3.8) is 0 Å². The van der Waals surface area contributed by atoms with Crippen LogP contribution in [0.4, 0.5) is 5.69 Å². The van der Waals surface area contributed by atoms with Crippen LogP contribution in [0.15, 0.2) is 42.5 Å². The van der Waals surface area contributed by atoms with E-state index >= 15 is 0 Å². The van der Waals surface area contributed by atoms with E-state index in [-0.39, 0.29) is 0 Å². The molecule has 106 valence electrons. The first-order chi connectivity index (χ1) is 10.3. The molecule has 0 saturated carbocycles. The molecule has 3 aromatic rings. The van der Waals surface area contributed by atoms with E-state index in [0.29, 0.717) is 0 Å². The highest BCUT2D eigenvalue weighted by molar-refractivity contribution is 6.33. The summed E-state index contributed by atoms with van der Waals surface area (Å²) in [4.78, 5) is 10.3. The molecule has 1 aliphatic heterocycles. The largest absolute Gasteiger partial charge is 0.371 e. The molecule has 0 spiro atoms. The highest BCUT2D eigenvalue weighted by atomic mass is 35.5. The van der Waals surface area contributed by atoms with Crippen LogP contribution in [0.25, 0.3) is 22.4 Å². The SMILES string of the molecule is Clc1cc(N2CCCC2)ccc1-c1nc2ccccc2[nH]1. The van der Waals surface area contributed by atoms with Crippen molar-refractivity contribution in [2.24, 2.45) is 0 Å². The van der Waals surface area contributed by atoms with Crippen molar-refractivity contribution in [1.29, 1.82) is 0 Å². The molecule has 1 aliphatic rings. The van der Waals surface area contributed by atoms with Crippen molar-refractivity contribution in [2.75, 3.05) is 18.0 Å². The molecule has 0 bridgehead atoms. The van der Waals surface area contributed by atoms with E-state index in [4.69, 9.17) is 11.6 Å². The minimum Gasteiger partial charge on any atom is -0.371 e. The molecular weight excluding hydrogens is 282 g/mol. The number of nitrogens with zero attached hydrogens (tertiary/aromatic N) is 2. The highest BCUT2D eigenvalue weighted by Crippen LogP contribution is 2.32. The van der Waals surface area contributed by atoms with Gasteiger partial charge in [-0.3, -0.25) is 0 Å². The second kappa shape index (κ2) is 5.08. The number of hydrogen-bond acceptors (Lipinski definition) is 2. The first kappa shape index (κ1) is 12.7. The summed E-state index contributed by atoms with van der Waals surface area (Å²) in [6, 6.07) is 14.3. The van der Waals surface area contributed by atoms with E-state index in [0.717, 1.165) is 40.5 Å². The number of rotatable bonds is 2. The molecule has 4 heteroatoms. The molecule has 1 fully saturated rings. The van der Waals surface area contributed by atoms with Crippen LogP contribution in [0.1, 0.15) is 12.8 Å². The Labute approximate surface area is 128 Å².